The summed E-state index contributed by atoms with van der Waals surface area (Å²) in [6.07, 6.45) is 1.42. The molecule has 0 radical (unpaired) electrons. The van der Waals surface area contributed by atoms with Crippen molar-refractivity contribution in [3.8, 4) is 5.75 Å². The number of benzene rings is 2. The molecule has 4 rings (SSSR count). The van der Waals surface area contributed by atoms with Crippen molar-refractivity contribution in [1.29, 1.82) is 0 Å². The molecule has 0 saturated carbocycles. The van der Waals surface area contributed by atoms with E-state index >= 15 is 0 Å². The summed E-state index contributed by atoms with van der Waals surface area (Å²) in [7, 11) is 0. The van der Waals surface area contributed by atoms with Gasteiger partial charge in [-0.3, -0.25) is 4.79 Å². The first-order valence-electron chi connectivity index (χ1n) is 10.8. The predicted molar refractivity (Wildman–Crippen MR) is 116 cm³/mol. The Morgan fingerprint density at radius 1 is 1.19 bits per heavy atom. The minimum Gasteiger partial charge on any atom is -0.494 e. The molecule has 31 heavy (non-hydrogen) atoms. The fraction of sp³-hybridized carbons (Fsp3) is 0.417. The maximum absolute atomic E-state index is 12.9. The van der Waals surface area contributed by atoms with E-state index in [0.29, 0.717) is 29.1 Å². The molecule has 7 heteroatoms. The number of piperidine rings is 1. The summed E-state index contributed by atoms with van der Waals surface area (Å²) < 4.78 is 31.2. The van der Waals surface area contributed by atoms with Crippen LogP contribution in [0.4, 0.5) is 8.78 Å². The van der Waals surface area contributed by atoms with Gasteiger partial charge in [0.1, 0.15) is 5.75 Å². The minimum absolute atomic E-state index is 0.0555. The molecule has 1 aliphatic heterocycles. The number of aromatic nitrogens is 2. The molecule has 0 spiro atoms. The second-order valence-corrected chi connectivity index (χ2v) is 8.01. The van der Waals surface area contributed by atoms with E-state index in [1.54, 1.807) is 18.2 Å². The number of ether oxygens (including phenoxy) is 1. The molecule has 1 saturated heterocycles. The van der Waals surface area contributed by atoms with E-state index in [1.165, 1.54) is 5.56 Å². The Bertz CT molecular complexity index is 1020. The van der Waals surface area contributed by atoms with Gasteiger partial charge in [0.05, 0.1) is 17.6 Å². The van der Waals surface area contributed by atoms with Crippen LogP contribution in [0.2, 0.25) is 0 Å². The highest BCUT2D eigenvalue weighted by Gasteiger charge is 2.24. The summed E-state index contributed by atoms with van der Waals surface area (Å²) in [5, 5.41) is 0. The third-order valence-corrected chi connectivity index (χ3v) is 5.93. The van der Waals surface area contributed by atoms with Crippen molar-refractivity contribution in [2.24, 2.45) is 5.92 Å². The van der Waals surface area contributed by atoms with Crippen LogP contribution >= 0.6 is 0 Å². The molecule has 1 aliphatic rings. The van der Waals surface area contributed by atoms with E-state index in [9.17, 15) is 13.6 Å². The minimum atomic E-state index is -2.66. The first kappa shape index (κ1) is 21.3. The zero-order chi connectivity index (χ0) is 21.8. The Labute approximate surface area is 180 Å². The third-order valence-electron chi connectivity index (χ3n) is 5.93. The lowest BCUT2D eigenvalue weighted by atomic mass is 9.90. The molecule has 1 fully saturated rings. The zero-order valence-corrected chi connectivity index (χ0v) is 17.6. The van der Waals surface area contributed by atoms with E-state index in [2.05, 4.69) is 22.1 Å². The normalized spacial score (nSPS) is 15.0. The van der Waals surface area contributed by atoms with E-state index in [4.69, 9.17) is 4.74 Å². The Hall–Kier alpha value is -2.96. The number of nitrogens with zero attached hydrogens (tertiary/aromatic N) is 2. The molecule has 164 valence electrons. The molecule has 2 heterocycles. The maximum Gasteiger partial charge on any atom is 0.295 e. The molecule has 2 aromatic carbocycles. The van der Waals surface area contributed by atoms with Gasteiger partial charge in [-0.1, -0.05) is 12.1 Å². The molecule has 3 aromatic rings. The van der Waals surface area contributed by atoms with E-state index in [1.807, 2.05) is 24.0 Å². The molecule has 1 aromatic heterocycles. The number of amides is 1. The zero-order valence-electron chi connectivity index (χ0n) is 17.6. The highest BCUT2D eigenvalue weighted by atomic mass is 19.3. The second-order valence-electron chi connectivity index (χ2n) is 8.01. The van der Waals surface area contributed by atoms with Gasteiger partial charge < -0.3 is 14.6 Å². The Kier molecular flexibility index (Phi) is 6.49. The molecule has 0 aliphatic carbocycles. The summed E-state index contributed by atoms with van der Waals surface area (Å²) in [4.78, 5) is 21.2. The molecular weight excluding hydrogens is 400 g/mol. The maximum atomic E-state index is 12.9. The molecule has 1 amide bonds. The Morgan fingerprint density at radius 3 is 2.61 bits per heavy atom. The fourth-order valence-corrected chi connectivity index (χ4v) is 4.16. The number of aryl methyl sites for hydroxylation is 1. The number of aromatic amines is 1. The SMILES string of the molecule is CCOc1ccc(CCC2CCN(C(=O)c3ccc4nc(C(F)F)[nH]c4c3)CC2)cc1. The molecule has 0 bridgehead atoms. The average molecular weight is 427 g/mol. The number of halogens is 2. The van der Waals surface area contributed by atoms with Crippen LogP contribution in [0.15, 0.2) is 42.5 Å². The highest BCUT2D eigenvalue weighted by Crippen LogP contribution is 2.26. The summed E-state index contributed by atoms with van der Waals surface area (Å²) >= 11 is 0. The van der Waals surface area contributed by atoms with Crippen LogP contribution < -0.4 is 4.74 Å². The van der Waals surface area contributed by atoms with E-state index in [-0.39, 0.29) is 11.7 Å². The van der Waals surface area contributed by atoms with Crippen molar-refractivity contribution in [2.45, 2.75) is 39.0 Å². The first-order chi connectivity index (χ1) is 15.0. The number of alkyl halides is 2. The van der Waals surface area contributed by atoms with E-state index < -0.39 is 6.43 Å². The largest absolute Gasteiger partial charge is 0.494 e. The fourth-order valence-electron chi connectivity index (χ4n) is 4.16. The number of likely N-dealkylation sites (tertiary alicyclic amines) is 1. The number of carbonyl (C=O) groups is 1. The molecule has 5 nitrogen and oxygen atoms in total. The van der Waals surface area contributed by atoms with Crippen molar-refractivity contribution in [3.05, 3.63) is 59.4 Å². The van der Waals surface area contributed by atoms with Gasteiger partial charge in [-0.2, -0.15) is 0 Å². The number of rotatable bonds is 7. The Morgan fingerprint density at radius 2 is 1.94 bits per heavy atom. The molecule has 1 N–H and O–H groups in total. The summed E-state index contributed by atoms with van der Waals surface area (Å²) in [5.41, 5.74) is 2.72. The number of hydrogen-bond acceptors (Lipinski definition) is 3. The van der Waals surface area contributed by atoms with Gasteiger partial charge in [0.25, 0.3) is 12.3 Å². The van der Waals surface area contributed by atoms with Gasteiger partial charge in [0.15, 0.2) is 5.82 Å². The smallest absolute Gasteiger partial charge is 0.295 e. The van der Waals surface area contributed by atoms with Crippen LogP contribution in [-0.4, -0.2) is 40.5 Å². The summed E-state index contributed by atoms with van der Waals surface area (Å²) in [6.45, 7) is 4.08. The number of imidazole rings is 1. The number of fused-ring (bicyclic) bond motifs is 1. The number of carbonyl (C=O) groups excluding carboxylic acids is 1. The average Bonchev–Trinajstić information content (AvgIpc) is 3.23. The van der Waals surface area contributed by atoms with Crippen molar-refractivity contribution in [2.75, 3.05) is 19.7 Å². The lowest BCUT2D eigenvalue weighted by Crippen LogP contribution is -2.38. The Balaban J connectivity index is 1.30. The van der Waals surface area contributed by atoms with Gasteiger partial charge in [-0.25, -0.2) is 13.8 Å². The van der Waals surface area contributed by atoms with Crippen LogP contribution in [0.3, 0.4) is 0 Å². The topological polar surface area (TPSA) is 58.2 Å². The van der Waals surface area contributed by atoms with Gasteiger partial charge >= 0.3 is 0 Å². The predicted octanol–water partition coefficient (Wildman–Crippen LogP) is 5.38. The van der Waals surface area contributed by atoms with Gasteiger partial charge in [0, 0.05) is 18.7 Å². The highest BCUT2D eigenvalue weighted by molar-refractivity contribution is 5.97. The molecule has 0 atom stereocenters. The van der Waals surface area contributed by atoms with Crippen molar-refractivity contribution in [1.82, 2.24) is 14.9 Å². The van der Waals surface area contributed by atoms with E-state index in [0.717, 1.165) is 44.5 Å². The summed E-state index contributed by atoms with van der Waals surface area (Å²) in [6, 6.07) is 13.2. The first-order valence-corrected chi connectivity index (χ1v) is 10.8. The second kappa shape index (κ2) is 9.45. The van der Waals surface area contributed by atoms with Crippen molar-refractivity contribution in [3.63, 3.8) is 0 Å². The van der Waals surface area contributed by atoms with Crippen molar-refractivity contribution >= 4 is 16.9 Å². The number of hydrogen-bond donors (Lipinski definition) is 1. The van der Waals surface area contributed by atoms with Gasteiger partial charge in [0.2, 0.25) is 0 Å². The van der Waals surface area contributed by atoms with Crippen molar-refractivity contribution < 1.29 is 18.3 Å². The lowest BCUT2D eigenvalue weighted by molar-refractivity contribution is 0.0687. The molecule has 0 unspecified atom stereocenters. The van der Waals surface area contributed by atoms with Crippen LogP contribution in [-0.2, 0) is 6.42 Å². The lowest BCUT2D eigenvalue weighted by Gasteiger charge is -2.32. The standard InChI is InChI=1S/C24H27F2N3O2/c1-2-31-19-8-5-16(6-9-19)3-4-17-11-13-29(14-12-17)24(30)18-7-10-20-21(15-18)28-23(27-20)22(25)26/h5-10,15,17,22H,2-4,11-14H2,1H3,(H,27,28). The van der Waals surface area contributed by atoms with Gasteiger partial charge in [-0.15, -0.1) is 0 Å². The van der Waals surface area contributed by atoms with Crippen LogP contribution in [0, 0.1) is 5.92 Å². The number of H-pyrrole nitrogens is 1. The number of nitrogens with one attached hydrogen (secondary N) is 1. The quantitative estimate of drug-likeness (QED) is 0.550. The monoisotopic (exact) mass is 427 g/mol. The van der Waals surface area contributed by atoms with Crippen LogP contribution in [0.1, 0.15) is 54.4 Å². The summed E-state index contributed by atoms with van der Waals surface area (Å²) in [5.74, 6) is 1.07. The van der Waals surface area contributed by atoms with Gasteiger partial charge in [-0.05, 0) is 74.4 Å². The third kappa shape index (κ3) is 5.03. The van der Waals surface area contributed by atoms with Crippen LogP contribution in [0.25, 0.3) is 11.0 Å². The van der Waals surface area contributed by atoms with Crippen LogP contribution in [0.5, 0.6) is 5.75 Å². The molecular formula is C24H27F2N3O2.